The highest BCUT2D eigenvalue weighted by molar-refractivity contribution is 7.19. The number of carbonyl (C=O) groups is 2. The molecule has 2 fully saturated rings. The van der Waals surface area contributed by atoms with Gasteiger partial charge in [0.25, 0.3) is 5.91 Å². The summed E-state index contributed by atoms with van der Waals surface area (Å²) in [5, 5.41) is 0.776. The van der Waals surface area contributed by atoms with Gasteiger partial charge >= 0.3 is 0 Å². The average Bonchev–Trinajstić information content (AvgIpc) is 3.33. The zero-order valence-electron chi connectivity index (χ0n) is 12.2. The summed E-state index contributed by atoms with van der Waals surface area (Å²) in [5.41, 5.74) is 12.2. The molecule has 0 aromatic carbocycles. The highest BCUT2D eigenvalue weighted by atomic mass is 32.1. The first-order chi connectivity index (χ1) is 10.0. The van der Waals surface area contributed by atoms with Crippen LogP contribution in [0.15, 0.2) is 0 Å². The summed E-state index contributed by atoms with van der Waals surface area (Å²) in [6, 6.07) is 0. The van der Waals surface area contributed by atoms with Crippen molar-refractivity contribution in [3.63, 3.8) is 0 Å². The van der Waals surface area contributed by atoms with Crippen LogP contribution in [0, 0.1) is 11.8 Å². The van der Waals surface area contributed by atoms with E-state index in [9.17, 15) is 9.59 Å². The largest absolute Gasteiger partial charge is 0.397 e. The van der Waals surface area contributed by atoms with E-state index in [2.05, 4.69) is 4.90 Å². The predicted octanol–water partition coefficient (Wildman–Crippen LogP) is 2.26. The van der Waals surface area contributed by atoms with Gasteiger partial charge in [-0.05, 0) is 38.5 Å². The van der Waals surface area contributed by atoms with Crippen molar-refractivity contribution in [2.24, 2.45) is 17.6 Å². The Bertz CT molecular complexity index is 588. The van der Waals surface area contributed by atoms with Crippen LogP contribution in [0.3, 0.4) is 0 Å². The number of ketones is 1. The van der Waals surface area contributed by atoms with Crippen molar-refractivity contribution in [2.75, 3.05) is 23.7 Å². The third-order valence-corrected chi connectivity index (χ3v) is 5.47. The predicted molar refractivity (Wildman–Crippen MR) is 84.9 cm³/mol. The minimum absolute atomic E-state index is 0.0775. The van der Waals surface area contributed by atoms with Crippen LogP contribution in [0.5, 0.6) is 0 Å². The van der Waals surface area contributed by atoms with E-state index in [1.54, 1.807) is 0 Å². The number of anilines is 2. The molecule has 3 rings (SSSR count). The van der Waals surface area contributed by atoms with Crippen molar-refractivity contribution < 1.29 is 9.59 Å². The first-order valence-electron chi connectivity index (χ1n) is 7.54. The summed E-state index contributed by atoms with van der Waals surface area (Å²) in [6.45, 7) is 3.74. The van der Waals surface area contributed by atoms with Crippen molar-refractivity contribution in [2.45, 2.75) is 32.6 Å². The van der Waals surface area contributed by atoms with E-state index >= 15 is 0 Å². The Morgan fingerprint density at radius 1 is 1.29 bits per heavy atom. The number of hydrogen-bond donors (Lipinski definition) is 2. The monoisotopic (exact) mass is 307 g/mol. The molecule has 0 atom stereocenters. The Hall–Kier alpha value is -1.56. The maximum atomic E-state index is 12.3. The first kappa shape index (κ1) is 14.4. The number of Topliss-reactive ketones (excluding diaryl/α,β-unsaturated/α-hetero) is 1. The Morgan fingerprint density at radius 3 is 2.43 bits per heavy atom. The van der Waals surface area contributed by atoms with Crippen molar-refractivity contribution in [3.05, 3.63) is 10.4 Å². The van der Waals surface area contributed by atoms with Gasteiger partial charge in [-0.15, -0.1) is 11.3 Å². The molecule has 4 N–H and O–H groups in total. The van der Waals surface area contributed by atoms with E-state index in [0.29, 0.717) is 16.4 Å². The highest BCUT2D eigenvalue weighted by Gasteiger charge is 2.36. The minimum Gasteiger partial charge on any atom is -0.397 e. The van der Waals surface area contributed by atoms with Crippen LogP contribution in [-0.2, 0) is 0 Å². The van der Waals surface area contributed by atoms with E-state index in [1.165, 1.54) is 24.2 Å². The highest BCUT2D eigenvalue weighted by Crippen LogP contribution is 2.44. The molecule has 0 saturated heterocycles. The standard InChI is InChI=1S/C15H21N3O2S/c1-2-18(7-8-3-4-8)15-10(14(17)20)11(16)13(21-15)12(19)9-5-6-9/h8-9H,2-7,16H2,1H3,(H2,17,20). The van der Waals surface area contributed by atoms with Crippen molar-refractivity contribution in [1.29, 1.82) is 0 Å². The summed E-state index contributed by atoms with van der Waals surface area (Å²) in [6.07, 6.45) is 4.32. The summed E-state index contributed by atoms with van der Waals surface area (Å²) >= 11 is 1.34. The Morgan fingerprint density at radius 2 is 1.95 bits per heavy atom. The lowest BCUT2D eigenvalue weighted by atomic mass is 10.1. The molecule has 0 radical (unpaired) electrons. The van der Waals surface area contributed by atoms with Crippen LogP contribution in [0.4, 0.5) is 10.7 Å². The molecule has 0 spiro atoms. The molecular weight excluding hydrogens is 286 g/mol. The molecular formula is C15H21N3O2S. The van der Waals surface area contributed by atoms with Gasteiger partial charge in [0.1, 0.15) is 5.00 Å². The second-order valence-electron chi connectivity index (χ2n) is 6.01. The van der Waals surface area contributed by atoms with E-state index < -0.39 is 5.91 Å². The van der Waals surface area contributed by atoms with Gasteiger partial charge in [0.2, 0.25) is 0 Å². The number of nitrogen functional groups attached to an aromatic ring is 1. The van der Waals surface area contributed by atoms with Gasteiger partial charge in [-0.2, -0.15) is 0 Å². The Kier molecular flexibility index (Phi) is 3.65. The maximum absolute atomic E-state index is 12.3. The molecule has 21 heavy (non-hydrogen) atoms. The second-order valence-corrected chi connectivity index (χ2v) is 7.01. The maximum Gasteiger partial charge on any atom is 0.253 e. The lowest BCUT2D eigenvalue weighted by molar-refractivity contribution is 0.0972. The number of nitrogens with zero attached hydrogens (tertiary/aromatic N) is 1. The van der Waals surface area contributed by atoms with Crippen molar-refractivity contribution in [3.8, 4) is 0 Å². The zero-order valence-corrected chi connectivity index (χ0v) is 13.0. The number of primary amides is 1. The van der Waals surface area contributed by atoms with Gasteiger partial charge in [-0.25, -0.2) is 0 Å². The lowest BCUT2D eigenvalue weighted by Gasteiger charge is -2.22. The molecule has 2 saturated carbocycles. The van der Waals surface area contributed by atoms with Crippen LogP contribution in [0.1, 0.15) is 52.6 Å². The number of carbonyl (C=O) groups excluding carboxylic acids is 2. The fourth-order valence-electron chi connectivity index (χ4n) is 2.57. The molecule has 0 aliphatic heterocycles. The molecule has 0 bridgehead atoms. The molecule has 1 heterocycles. The fraction of sp³-hybridized carbons (Fsp3) is 0.600. The topological polar surface area (TPSA) is 89.4 Å². The lowest BCUT2D eigenvalue weighted by Crippen LogP contribution is -2.27. The summed E-state index contributed by atoms with van der Waals surface area (Å²) in [7, 11) is 0. The quantitative estimate of drug-likeness (QED) is 0.756. The van der Waals surface area contributed by atoms with E-state index in [0.717, 1.165) is 30.9 Å². The van der Waals surface area contributed by atoms with Gasteiger partial charge in [-0.1, -0.05) is 0 Å². The average molecular weight is 307 g/mol. The van der Waals surface area contributed by atoms with E-state index in [-0.39, 0.29) is 17.4 Å². The molecule has 5 nitrogen and oxygen atoms in total. The molecule has 0 unspecified atom stereocenters. The van der Waals surface area contributed by atoms with Gasteiger partial charge in [0, 0.05) is 19.0 Å². The Labute approximate surface area is 128 Å². The van der Waals surface area contributed by atoms with Crippen LogP contribution < -0.4 is 16.4 Å². The Balaban J connectivity index is 1.98. The van der Waals surface area contributed by atoms with Crippen LogP contribution in [-0.4, -0.2) is 24.8 Å². The fourth-order valence-corrected chi connectivity index (χ4v) is 3.89. The molecule has 114 valence electrons. The smallest absolute Gasteiger partial charge is 0.253 e. The minimum atomic E-state index is -0.539. The van der Waals surface area contributed by atoms with Crippen molar-refractivity contribution >= 4 is 33.7 Å². The summed E-state index contributed by atoms with van der Waals surface area (Å²) in [5.74, 6) is 0.325. The van der Waals surface area contributed by atoms with Crippen LogP contribution >= 0.6 is 11.3 Å². The number of rotatable bonds is 7. The number of hydrogen-bond acceptors (Lipinski definition) is 5. The normalized spacial score (nSPS) is 17.8. The SMILES string of the molecule is CCN(CC1CC1)c1sc(C(=O)C2CC2)c(N)c1C(N)=O. The van der Waals surface area contributed by atoms with Gasteiger partial charge in [0.15, 0.2) is 5.78 Å². The number of nitrogens with two attached hydrogens (primary N) is 2. The molecule has 1 amide bonds. The summed E-state index contributed by atoms with van der Waals surface area (Å²) < 4.78 is 0. The third-order valence-electron chi connectivity index (χ3n) is 4.19. The molecule has 2 aliphatic rings. The molecule has 6 heteroatoms. The number of amides is 1. The first-order valence-corrected chi connectivity index (χ1v) is 8.35. The molecule has 1 aromatic heterocycles. The van der Waals surface area contributed by atoms with Crippen LogP contribution in [0.2, 0.25) is 0 Å². The van der Waals surface area contributed by atoms with Crippen LogP contribution in [0.25, 0.3) is 0 Å². The molecule has 2 aliphatic carbocycles. The zero-order chi connectivity index (χ0) is 15.1. The van der Waals surface area contributed by atoms with Gasteiger partial charge in [0.05, 0.1) is 16.1 Å². The van der Waals surface area contributed by atoms with E-state index in [4.69, 9.17) is 11.5 Å². The van der Waals surface area contributed by atoms with Crippen molar-refractivity contribution in [1.82, 2.24) is 0 Å². The third kappa shape index (κ3) is 2.77. The molecule has 1 aromatic rings. The number of thiophene rings is 1. The van der Waals surface area contributed by atoms with Gasteiger partial charge < -0.3 is 16.4 Å². The second kappa shape index (κ2) is 5.33. The van der Waals surface area contributed by atoms with Gasteiger partial charge in [-0.3, -0.25) is 9.59 Å². The summed E-state index contributed by atoms with van der Waals surface area (Å²) in [4.78, 5) is 26.8. The van der Waals surface area contributed by atoms with E-state index in [1.807, 2.05) is 6.92 Å².